The smallest absolute Gasteiger partial charge is 0.279 e. The van der Waals surface area contributed by atoms with Crippen LogP contribution in [0.4, 0.5) is 11.4 Å². The molecule has 1 fully saturated rings. The summed E-state index contributed by atoms with van der Waals surface area (Å²) in [6.45, 7) is 0. The van der Waals surface area contributed by atoms with Crippen LogP contribution in [0.3, 0.4) is 0 Å². The topological polar surface area (TPSA) is 130 Å². The Labute approximate surface area is 174 Å². The van der Waals surface area contributed by atoms with E-state index < -0.39 is 21.8 Å². The van der Waals surface area contributed by atoms with Gasteiger partial charge in [-0.1, -0.05) is 12.1 Å². The lowest BCUT2D eigenvalue weighted by atomic mass is 10.1. The van der Waals surface area contributed by atoms with Gasteiger partial charge >= 0.3 is 0 Å². The van der Waals surface area contributed by atoms with Gasteiger partial charge in [-0.25, -0.2) is 18.2 Å². The van der Waals surface area contributed by atoms with E-state index in [1.54, 1.807) is 18.2 Å². The van der Waals surface area contributed by atoms with Crippen molar-refractivity contribution < 1.29 is 22.8 Å². The number of sulfonamides is 1. The van der Waals surface area contributed by atoms with E-state index in [9.17, 15) is 18.0 Å². The number of hydrogen-bond donors (Lipinski definition) is 3. The van der Waals surface area contributed by atoms with E-state index in [-0.39, 0.29) is 33.6 Å². The van der Waals surface area contributed by atoms with Gasteiger partial charge in [-0.3, -0.25) is 19.4 Å². The number of amides is 2. The fourth-order valence-electron chi connectivity index (χ4n) is 2.73. The molecule has 10 nitrogen and oxygen atoms in total. The molecule has 0 atom stereocenters. The third kappa shape index (κ3) is 4.58. The number of anilines is 2. The number of hydrogen-bond acceptors (Lipinski definition) is 7. The maximum absolute atomic E-state index is 12.7. The predicted molar refractivity (Wildman–Crippen MR) is 110 cm³/mol. The van der Waals surface area contributed by atoms with Gasteiger partial charge in [0.1, 0.15) is 10.6 Å². The van der Waals surface area contributed by atoms with E-state index in [0.717, 1.165) is 17.1 Å². The van der Waals surface area contributed by atoms with Crippen molar-refractivity contribution in [3.05, 3.63) is 47.8 Å². The maximum Gasteiger partial charge on any atom is 0.279 e. The number of pyridine rings is 1. The van der Waals surface area contributed by atoms with E-state index in [2.05, 4.69) is 21.1 Å². The minimum Gasteiger partial charge on any atom is -0.354 e. The van der Waals surface area contributed by atoms with E-state index in [1.807, 2.05) is 0 Å². The molecule has 1 aliphatic rings. The number of nitrogens with zero attached hydrogens (tertiary/aromatic N) is 2. The van der Waals surface area contributed by atoms with Crippen molar-refractivity contribution in [2.45, 2.75) is 23.8 Å². The highest BCUT2D eigenvalue weighted by Gasteiger charge is 2.29. The zero-order chi connectivity index (χ0) is 21.9. The third-order valence-electron chi connectivity index (χ3n) is 4.42. The molecule has 30 heavy (non-hydrogen) atoms. The van der Waals surface area contributed by atoms with Crippen LogP contribution in [0.25, 0.3) is 0 Å². The standard InChI is InChI=1S/C19H23N5O5S/c1-24(2)30(27,28)15-7-5-4-6-13(15)22-14-10-11-20-17(16(14)18(25)23-29-3)19(26)21-12-8-9-12/h4-7,10-12H,8-9H2,1-3H3,(H,20,22)(H,21,26)(H,23,25). The number of aromatic nitrogens is 1. The third-order valence-corrected chi connectivity index (χ3v) is 6.29. The largest absolute Gasteiger partial charge is 0.354 e. The van der Waals surface area contributed by atoms with Gasteiger partial charge in [-0.05, 0) is 31.0 Å². The molecular formula is C19H23N5O5S. The zero-order valence-corrected chi connectivity index (χ0v) is 17.6. The molecule has 1 aromatic carbocycles. The molecule has 0 aliphatic heterocycles. The summed E-state index contributed by atoms with van der Waals surface area (Å²) in [5, 5.41) is 5.76. The van der Waals surface area contributed by atoms with Gasteiger partial charge in [0.15, 0.2) is 0 Å². The van der Waals surface area contributed by atoms with Gasteiger partial charge in [-0.2, -0.15) is 0 Å². The summed E-state index contributed by atoms with van der Waals surface area (Å²) in [7, 11) is 0.368. The van der Waals surface area contributed by atoms with Crippen LogP contribution < -0.4 is 16.1 Å². The lowest BCUT2D eigenvalue weighted by Crippen LogP contribution is -2.31. The van der Waals surface area contributed by atoms with Crippen LogP contribution in [0.15, 0.2) is 41.4 Å². The van der Waals surface area contributed by atoms with Crippen LogP contribution in [0.1, 0.15) is 33.7 Å². The molecule has 2 amide bonds. The molecule has 1 aliphatic carbocycles. The Morgan fingerprint density at radius 3 is 2.43 bits per heavy atom. The zero-order valence-electron chi connectivity index (χ0n) is 16.8. The van der Waals surface area contributed by atoms with Crippen molar-refractivity contribution in [2.75, 3.05) is 26.5 Å². The van der Waals surface area contributed by atoms with Crippen molar-refractivity contribution in [2.24, 2.45) is 0 Å². The predicted octanol–water partition coefficient (Wildman–Crippen LogP) is 1.26. The fraction of sp³-hybridized carbons (Fsp3) is 0.316. The monoisotopic (exact) mass is 433 g/mol. The van der Waals surface area contributed by atoms with Gasteiger partial charge in [-0.15, -0.1) is 0 Å². The Kier molecular flexibility index (Phi) is 6.34. The minimum absolute atomic E-state index is 0.0221. The van der Waals surface area contributed by atoms with E-state index in [1.165, 1.54) is 39.5 Å². The molecule has 3 N–H and O–H groups in total. The molecule has 1 saturated carbocycles. The fourth-order valence-corrected chi connectivity index (χ4v) is 3.77. The number of benzene rings is 1. The molecule has 0 saturated heterocycles. The van der Waals surface area contributed by atoms with Gasteiger partial charge in [0.05, 0.1) is 24.0 Å². The average Bonchev–Trinajstić information content (AvgIpc) is 3.52. The van der Waals surface area contributed by atoms with Crippen molar-refractivity contribution in [3.8, 4) is 0 Å². The Morgan fingerprint density at radius 2 is 1.80 bits per heavy atom. The van der Waals surface area contributed by atoms with Crippen LogP contribution >= 0.6 is 0 Å². The molecule has 160 valence electrons. The molecule has 0 spiro atoms. The lowest BCUT2D eigenvalue weighted by molar-refractivity contribution is 0.0535. The Hall–Kier alpha value is -3.02. The van der Waals surface area contributed by atoms with E-state index in [0.29, 0.717) is 0 Å². The summed E-state index contributed by atoms with van der Waals surface area (Å²) in [6, 6.07) is 7.83. The molecule has 1 heterocycles. The molecule has 11 heteroatoms. The first-order valence-electron chi connectivity index (χ1n) is 9.17. The summed E-state index contributed by atoms with van der Waals surface area (Å²) >= 11 is 0. The SMILES string of the molecule is CONC(=O)c1c(Nc2ccccc2S(=O)(=O)N(C)C)ccnc1C(=O)NC1CC1. The van der Waals surface area contributed by atoms with Gasteiger partial charge < -0.3 is 10.6 Å². The second-order valence-electron chi connectivity index (χ2n) is 6.87. The van der Waals surface area contributed by atoms with Crippen LogP contribution in [0.2, 0.25) is 0 Å². The van der Waals surface area contributed by atoms with Crippen molar-refractivity contribution in [1.29, 1.82) is 0 Å². The molecule has 0 radical (unpaired) electrons. The van der Waals surface area contributed by atoms with Crippen molar-refractivity contribution in [1.82, 2.24) is 20.1 Å². The normalized spacial score (nSPS) is 13.7. The number of carbonyl (C=O) groups excluding carboxylic acids is 2. The van der Waals surface area contributed by atoms with Gasteiger partial charge in [0.2, 0.25) is 10.0 Å². The number of nitrogens with one attached hydrogen (secondary N) is 3. The number of hydroxylamine groups is 1. The second-order valence-corrected chi connectivity index (χ2v) is 8.99. The molecule has 1 aromatic heterocycles. The van der Waals surface area contributed by atoms with Crippen LogP contribution in [-0.2, 0) is 14.9 Å². The van der Waals surface area contributed by atoms with Crippen LogP contribution in [0, 0.1) is 0 Å². The quantitative estimate of drug-likeness (QED) is 0.534. The highest BCUT2D eigenvalue weighted by Crippen LogP contribution is 2.29. The Morgan fingerprint density at radius 1 is 1.10 bits per heavy atom. The minimum atomic E-state index is -3.75. The maximum atomic E-state index is 12.7. The first kappa shape index (κ1) is 21.7. The van der Waals surface area contributed by atoms with Crippen LogP contribution in [0.5, 0.6) is 0 Å². The number of para-hydroxylation sites is 1. The summed E-state index contributed by atoms with van der Waals surface area (Å²) in [5.74, 6) is -1.18. The van der Waals surface area contributed by atoms with E-state index >= 15 is 0 Å². The molecule has 2 aromatic rings. The van der Waals surface area contributed by atoms with E-state index in [4.69, 9.17) is 4.84 Å². The Balaban J connectivity index is 2.07. The number of rotatable bonds is 8. The first-order valence-corrected chi connectivity index (χ1v) is 10.6. The molecular weight excluding hydrogens is 410 g/mol. The summed E-state index contributed by atoms with van der Waals surface area (Å²) in [4.78, 5) is 34.1. The summed E-state index contributed by atoms with van der Waals surface area (Å²) in [6.07, 6.45) is 3.12. The lowest BCUT2D eigenvalue weighted by Gasteiger charge is -2.18. The summed E-state index contributed by atoms with van der Waals surface area (Å²) < 4.78 is 26.4. The Bertz CT molecular complexity index is 1070. The van der Waals surface area contributed by atoms with Gasteiger partial charge in [0.25, 0.3) is 11.8 Å². The van der Waals surface area contributed by atoms with Crippen molar-refractivity contribution in [3.63, 3.8) is 0 Å². The molecule has 3 rings (SSSR count). The molecule has 0 bridgehead atoms. The first-order chi connectivity index (χ1) is 14.3. The second kappa shape index (κ2) is 8.78. The summed E-state index contributed by atoms with van der Waals surface area (Å²) in [5.41, 5.74) is 2.50. The highest BCUT2D eigenvalue weighted by atomic mass is 32.2. The molecule has 0 unspecified atom stereocenters. The number of carbonyl (C=O) groups is 2. The average molecular weight is 433 g/mol. The van der Waals surface area contributed by atoms with Crippen LogP contribution in [-0.4, -0.2) is 56.8 Å². The van der Waals surface area contributed by atoms with Crippen molar-refractivity contribution >= 4 is 33.2 Å². The highest BCUT2D eigenvalue weighted by molar-refractivity contribution is 7.89. The van der Waals surface area contributed by atoms with Gasteiger partial charge in [0, 0.05) is 26.3 Å².